The van der Waals surface area contributed by atoms with E-state index in [0.29, 0.717) is 38.8 Å². The van der Waals surface area contributed by atoms with Crippen LogP contribution < -0.4 is 0 Å². The van der Waals surface area contributed by atoms with Gasteiger partial charge in [-0.15, -0.1) is 0 Å². The number of nitrogens with zero attached hydrogens (tertiary/aromatic N) is 7. The molecule has 0 aromatic heterocycles. The Morgan fingerprint density at radius 3 is 0.453 bits per heavy atom. The van der Waals surface area contributed by atoms with Gasteiger partial charge in [0.1, 0.15) is 0 Å². The summed E-state index contributed by atoms with van der Waals surface area (Å²) in [5.74, 6) is 0. The van der Waals surface area contributed by atoms with Crippen LogP contribution in [0, 0.1) is 0 Å². The fourth-order valence-corrected chi connectivity index (χ4v) is 9.02. The maximum atomic E-state index is 5.25. The Balaban J connectivity index is 0.000000374. The summed E-state index contributed by atoms with van der Waals surface area (Å²) in [6.07, 6.45) is 16.9. The van der Waals surface area contributed by atoms with E-state index in [4.69, 9.17) is 4.74 Å². The van der Waals surface area contributed by atoms with E-state index in [1.165, 1.54) is 156 Å². The van der Waals surface area contributed by atoms with Gasteiger partial charge in [0.15, 0.2) is 0 Å². The Morgan fingerprint density at radius 2 is 0.344 bits per heavy atom. The number of piperidine rings is 3. The molecule has 0 aromatic carbocycles. The summed E-state index contributed by atoms with van der Waals surface area (Å²) in [4.78, 5) is 17.7. The topological polar surface area (TPSA) is 31.7 Å². The molecule has 0 spiro atoms. The molecule has 0 amide bonds. The zero-order chi connectivity index (χ0) is 49.0. The van der Waals surface area contributed by atoms with Crippen LogP contribution in [0.25, 0.3) is 0 Å². The van der Waals surface area contributed by atoms with Crippen molar-refractivity contribution in [2.75, 3.05) is 105 Å². The highest BCUT2D eigenvalue weighted by Gasteiger charge is 2.30. The summed E-state index contributed by atoms with van der Waals surface area (Å²) in [7, 11) is 0. The highest BCUT2D eigenvalue weighted by molar-refractivity contribution is 4.86. The van der Waals surface area contributed by atoms with Crippen molar-refractivity contribution in [3.8, 4) is 0 Å². The molecule has 7 aliphatic heterocycles. The summed E-state index contributed by atoms with van der Waals surface area (Å²) in [5.41, 5.74) is 2.82. The van der Waals surface area contributed by atoms with Gasteiger partial charge in [0.25, 0.3) is 0 Å². The minimum Gasteiger partial charge on any atom is -0.379 e. The van der Waals surface area contributed by atoms with Gasteiger partial charge in [0, 0.05) is 65.0 Å². The summed E-state index contributed by atoms with van der Waals surface area (Å²) in [6.45, 7) is 67.6. The molecule has 7 heterocycles. The van der Waals surface area contributed by atoms with Crippen molar-refractivity contribution >= 4 is 0 Å². The predicted octanol–water partition coefficient (Wildman–Crippen LogP) is 12.4. The van der Waals surface area contributed by atoms with Crippen LogP contribution >= 0.6 is 0 Å². The maximum absolute atomic E-state index is 5.25. The monoisotopic (exact) mass is 906 g/mol. The second-order valence-electron chi connectivity index (χ2n) is 27.0. The van der Waals surface area contributed by atoms with E-state index in [2.05, 4.69) is 180 Å². The fourth-order valence-electron chi connectivity index (χ4n) is 9.02. The van der Waals surface area contributed by atoms with Crippen molar-refractivity contribution in [1.82, 2.24) is 34.3 Å². The zero-order valence-corrected chi connectivity index (χ0v) is 47.8. The first-order valence-corrected chi connectivity index (χ1v) is 27.1. The van der Waals surface area contributed by atoms with Gasteiger partial charge in [0.2, 0.25) is 0 Å². The van der Waals surface area contributed by atoms with Crippen molar-refractivity contribution in [3.05, 3.63) is 0 Å². The molecule has 7 fully saturated rings. The molecule has 7 rings (SSSR count). The third kappa shape index (κ3) is 28.2. The van der Waals surface area contributed by atoms with Crippen LogP contribution in [-0.4, -0.2) is 178 Å². The molecular weight excluding hydrogens is 787 g/mol. The second kappa shape index (κ2) is 28.4. The molecule has 0 aliphatic carbocycles. The average Bonchev–Trinajstić information content (AvgIpc) is 3.89. The molecule has 64 heavy (non-hydrogen) atoms. The van der Waals surface area contributed by atoms with Crippen molar-refractivity contribution < 1.29 is 4.74 Å². The molecular formula is C56H119N7O. The van der Waals surface area contributed by atoms with Gasteiger partial charge in [0.05, 0.1) is 13.2 Å². The van der Waals surface area contributed by atoms with Crippen LogP contribution in [0.5, 0.6) is 0 Å². The Kier molecular flexibility index (Phi) is 27.3. The van der Waals surface area contributed by atoms with E-state index in [0.717, 1.165) is 26.3 Å². The van der Waals surface area contributed by atoms with Crippen molar-refractivity contribution in [1.29, 1.82) is 0 Å². The molecule has 0 saturated carbocycles. The molecule has 0 bridgehead atoms. The van der Waals surface area contributed by atoms with Gasteiger partial charge >= 0.3 is 0 Å². The summed E-state index contributed by atoms with van der Waals surface area (Å²) in [5, 5.41) is 0. The van der Waals surface area contributed by atoms with Gasteiger partial charge in [-0.25, -0.2) is 0 Å². The minimum absolute atomic E-state index is 0.323. The van der Waals surface area contributed by atoms with Crippen LogP contribution in [0.2, 0.25) is 0 Å². The normalized spacial score (nSPS) is 23.0. The Bertz CT molecular complexity index is 1020. The van der Waals surface area contributed by atoms with Crippen molar-refractivity contribution in [2.45, 2.75) is 261 Å². The largest absolute Gasteiger partial charge is 0.379 e. The third-order valence-electron chi connectivity index (χ3n) is 14.1. The molecule has 0 aromatic rings. The van der Waals surface area contributed by atoms with E-state index in [1.54, 1.807) is 0 Å². The Hall–Kier alpha value is -0.320. The van der Waals surface area contributed by atoms with Crippen molar-refractivity contribution in [2.24, 2.45) is 0 Å². The number of likely N-dealkylation sites (tertiary alicyclic amines) is 5. The van der Waals surface area contributed by atoms with Crippen molar-refractivity contribution in [3.63, 3.8) is 0 Å². The molecule has 0 atom stereocenters. The molecule has 8 nitrogen and oxygen atoms in total. The van der Waals surface area contributed by atoms with E-state index in [1.807, 2.05) is 0 Å². The first-order valence-electron chi connectivity index (χ1n) is 27.1. The van der Waals surface area contributed by atoms with Crippen LogP contribution in [0.15, 0.2) is 0 Å². The lowest BCUT2D eigenvalue weighted by Gasteiger charge is -2.42. The van der Waals surface area contributed by atoms with E-state index in [9.17, 15) is 0 Å². The summed E-state index contributed by atoms with van der Waals surface area (Å²) in [6, 6.07) is 0. The lowest BCUT2D eigenvalue weighted by Crippen LogP contribution is -2.49. The number of hydrogen-bond donors (Lipinski definition) is 0. The SMILES string of the molecule is CC(C)(C)N1CC1.CC(C)(C)N1CCC1.CC(C)(C)N1CCCC1.CC(C)(C)N1CCCCC1.CC(C)(C)N1CCCCC1.CC(C)(C)N1CCCCC1.CC(C)(C)N1CCOCC1. The van der Waals surface area contributed by atoms with Gasteiger partial charge in [-0.2, -0.15) is 0 Å². The highest BCUT2D eigenvalue weighted by atomic mass is 16.5. The number of morpholine rings is 1. The molecule has 0 N–H and O–H groups in total. The van der Waals surface area contributed by atoms with Crippen LogP contribution in [0.3, 0.4) is 0 Å². The van der Waals surface area contributed by atoms with E-state index in [-0.39, 0.29) is 0 Å². The minimum atomic E-state index is 0.323. The predicted molar refractivity (Wildman–Crippen MR) is 286 cm³/mol. The summed E-state index contributed by atoms with van der Waals surface area (Å²) < 4.78 is 5.25. The first kappa shape index (κ1) is 61.7. The molecule has 7 saturated heterocycles. The highest BCUT2D eigenvalue weighted by Crippen LogP contribution is 2.23. The summed E-state index contributed by atoms with van der Waals surface area (Å²) >= 11 is 0. The Labute approximate surface area is 403 Å². The standard InChI is InChI=1S/3C9H19N.C8H17NO.C8H17N.C7H15N.C6H13N/c3*1-9(2,3)10-7-5-4-6-8-10;1-8(2,3)9-4-6-10-7-5-9;1-8(2,3)9-6-4-5-7-9;1-7(2,3)8-5-4-6-8;1-6(2,3)7-4-5-7/h3*4-8H2,1-3H3;4-7H2,1-3H3;4-7H2,1-3H3;4-6H2,1-3H3;4-5H2,1-3H3. The molecule has 0 unspecified atom stereocenters. The van der Waals surface area contributed by atoms with Crippen LogP contribution in [-0.2, 0) is 4.74 Å². The first-order chi connectivity index (χ1) is 29.2. The fraction of sp³-hybridized carbons (Fsp3) is 1.00. The molecule has 8 heteroatoms. The Morgan fingerprint density at radius 1 is 0.188 bits per heavy atom. The quantitative estimate of drug-likeness (QED) is 0.222. The molecule has 384 valence electrons. The van der Waals surface area contributed by atoms with Crippen LogP contribution in [0.4, 0.5) is 0 Å². The number of rotatable bonds is 0. The lowest BCUT2D eigenvalue weighted by atomic mass is 10.0. The molecule has 0 radical (unpaired) electrons. The van der Waals surface area contributed by atoms with Gasteiger partial charge in [-0.1, -0.05) is 19.3 Å². The molecule has 7 aliphatic rings. The average molecular weight is 907 g/mol. The third-order valence-corrected chi connectivity index (χ3v) is 14.1. The zero-order valence-electron chi connectivity index (χ0n) is 47.8. The second-order valence-corrected chi connectivity index (χ2v) is 27.0. The van der Waals surface area contributed by atoms with E-state index >= 15 is 0 Å². The van der Waals surface area contributed by atoms with Gasteiger partial charge in [-0.05, 0) is 269 Å². The lowest BCUT2D eigenvalue weighted by molar-refractivity contribution is -0.00389. The number of ether oxygens (including phenoxy) is 1. The van der Waals surface area contributed by atoms with Gasteiger partial charge < -0.3 is 4.74 Å². The van der Waals surface area contributed by atoms with Gasteiger partial charge in [-0.3, -0.25) is 34.3 Å². The van der Waals surface area contributed by atoms with E-state index < -0.39 is 0 Å². The number of hydrogen-bond acceptors (Lipinski definition) is 8. The maximum Gasteiger partial charge on any atom is 0.0594 e. The smallest absolute Gasteiger partial charge is 0.0594 e. The van der Waals surface area contributed by atoms with Crippen LogP contribution in [0.1, 0.15) is 222 Å².